The molecule has 2 aromatic rings. The summed E-state index contributed by atoms with van der Waals surface area (Å²) in [6.07, 6.45) is 6.66. The Morgan fingerprint density at radius 2 is 2.00 bits per heavy atom. The second-order valence-corrected chi connectivity index (χ2v) is 4.79. The predicted octanol–water partition coefficient (Wildman–Crippen LogP) is 2.89. The number of nitrogens with two attached hydrogens (primary N) is 1. The van der Waals surface area contributed by atoms with E-state index < -0.39 is 0 Å². The van der Waals surface area contributed by atoms with Crippen molar-refractivity contribution in [3.63, 3.8) is 0 Å². The number of pyridine rings is 1. The van der Waals surface area contributed by atoms with Gasteiger partial charge in [-0.1, -0.05) is 30.3 Å². The number of benzene rings is 1. The third-order valence-corrected chi connectivity index (χ3v) is 3.27. The van der Waals surface area contributed by atoms with Crippen molar-refractivity contribution in [2.45, 2.75) is 32.2 Å². The van der Waals surface area contributed by atoms with Crippen molar-refractivity contribution in [1.29, 1.82) is 0 Å². The number of hydrogen-bond acceptors (Lipinski definition) is 2. The van der Waals surface area contributed by atoms with Gasteiger partial charge in [-0.2, -0.15) is 0 Å². The second kappa shape index (κ2) is 6.31. The standard InChI is InChI=1S/C16H20N2/c1-13-5-2-3-7-15(13)8-9-16(17)11-14-6-4-10-18-12-14/h2-7,10,12,16H,8-9,11,17H2,1H3. The van der Waals surface area contributed by atoms with E-state index in [4.69, 9.17) is 5.73 Å². The van der Waals surface area contributed by atoms with Gasteiger partial charge in [-0.25, -0.2) is 0 Å². The number of rotatable bonds is 5. The molecule has 2 N–H and O–H groups in total. The van der Waals surface area contributed by atoms with Gasteiger partial charge < -0.3 is 5.73 Å². The Bertz CT molecular complexity index is 479. The Balaban J connectivity index is 1.86. The van der Waals surface area contributed by atoms with Crippen LogP contribution in [0.2, 0.25) is 0 Å². The molecule has 0 aliphatic heterocycles. The molecule has 0 aliphatic rings. The summed E-state index contributed by atoms with van der Waals surface area (Å²) in [5, 5.41) is 0. The van der Waals surface area contributed by atoms with Gasteiger partial charge in [-0.3, -0.25) is 4.98 Å². The van der Waals surface area contributed by atoms with E-state index in [2.05, 4.69) is 42.2 Å². The molecule has 1 aromatic carbocycles. The molecular weight excluding hydrogens is 220 g/mol. The third-order valence-electron chi connectivity index (χ3n) is 3.27. The van der Waals surface area contributed by atoms with Crippen LogP contribution in [0.3, 0.4) is 0 Å². The van der Waals surface area contributed by atoms with E-state index in [0.717, 1.165) is 19.3 Å². The summed E-state index contributed by atoms with van der Waals surface area (Å²) >= 11 is 0. The lowest BCUT2D eigenvalue weighted by Gasteiger charge is -2.12. The largest absolute Gasteiger partial charge is 0.327 e. The molecule has 0 amide bonds. The number of aromatic nitrogens is 1. The van der Waals surface area contributed by atoms with Crippen LogP contribution >= 0.6 is 0 Å². The Kier molecular flexibility index (Phi) is 4.48. The second-order valence-electron chi connectivity index (χ2n) is 4.79. The monoisotopic (exact) mass is 240 g/mol. The predicted molar refractivity (Wildman–Crippen MR) is 75.4 cm³/mol. The zero-order valence-electron chi connectivity index (χ0n) is 10.8. The van der Waals surface area contributed by atoms with Crippen LogP contribution in [0.25, 0.3) is 0 Å². The molecule has 2 heteroatoms. The fraction of sp³-hybridized carbons (Fsp3) is 0.312. The molecule has 1 unspecified atom stereocenters. The maximum Gasteiger partial charge on any atom is 0.0300 e. The van der Waals surface area contributed by atoms with Crippen LogP contribution < -0.4 is 5.73 Å². The Hall–Kier alpha value is -1.67. The Morgan fingerprint density at radius 1 is 1.17 bits per heavy atom. The van der Waals surface area contributed by atoms with Crippen LogP contribution in [0.15, 0.2) is 48.8 Å². The average Bonchev–Trinajstić information content (AvgIpc) is 2.39. The Labute approximate surface area is 109 Å². The first kappa shape index (κ1) is 12.8. The molecule has 0 aliphatic carbocycles. The third kappa shape index (κ3) is 3.67. The quantitative estimate of drug-likeness (QED) is 0.872. The van der Waals surface area contributed by atoms with Crippen molar-refractivity contribution in [1.82, 2.24) is 4.98 Å². The summed E-state index contributed by atoms with van der Waals surface area (Å²) in [4.78, 5) is 4.11. The maximum absolute atomic E-state index is 6.18. The van der Waals surface area contributed by atoms with Crippen molar-refractivity contribution in [3.05, 3.63) is 65.5 Å². The van der Waals surface area contributed by atoms with Gasteiger partial charge in [0.25, 0.3) is 0 Å². The molecular formula is C16H20N2. The van der Waals surface area contributed by atoms with Crippen molar-refractivity contribution in [2.24, 2.45) is 5.73 Å². The summed E-state index contributed by atoms with van der Waals surface area (Å²) in [6, 6.07) is 12.8. The van der Waals surface area contributed by atoms with Crippen LogP contribution in [-0.4, -0.2) is 11.0 Å². The van der Waals surface area contributed by atoms with E-state index in [0.29, 0.717) is 0 Å². The summed E-state index contributed by atoms with van der Waals surface area (Å²) in [5.41, 5.74) is 10.1. The van der Waals surface area contributed by atoms with E-state index in [1.807, 2.05) is 12.3 Å². The van der Waals surface area contributed by atoms with Gasteiger partial charge in [-0.05, 0) is 48.9 Å². The molecule has 0 saturated heterocycles. The van der Waals surface area contributed by atoms with E-state index in [9.17, 15) is 0 Å². The van der Waals surface area contributed by atoms with Crippen molar-refractivity contribution in [3.8, 4) is 0 Å². The topological polar surface area (TPSA) is 38.9 Å². The molecule has 0 fully saturated rings. The summed E-state index contributed by atoms with van der Waals surface area (Å²) in [6.45, 7) is 2.15. The minimum Gasteiger partial charge on any atom is -0.327 e. The van der Waals surface area contributed by atoms with Gasteiger partial charge in [0.1, 0.15) is 0 Å². The van der Waals surface area contributed by atoms with Gasteiger partial charge in [0.05, 0.1) is 0 Å². The van der Waals surface area contributed by atoms with Crippen LogP contribution in [0.1, 0.15) is 23.1 Å². The lowest BCUT2D eigenvalue weighted by atomic mass is 9.98. The van der Waals surface area contributed by atoms with E-state index in [-0.39, 0.29) is 6.04 Å². The zero-order valence-corrected chi connectivity index (χ0v) is 10.8. The normalized spacial score (nSPS) is 12.3. The van der Waals surface area contributed by atoms with Crippen molar-refractivity contribution < 1.29 is 0 Å². The fourth-order valence-corrected chi connectivity index (χ4v) is 2.16. The molecule has 0 radical (unpaired) electrons. The lowest BCUT2D eigenvalue weighted by molar-refractivity contribution is 0.608. The van der Waals surface area contributed by atoms with Gasteiger partial charge in [0.15, 0.2) is 0 Å². The molecule has 18 heavy (non-hydrogen) atoms. The molecule has 1 heterocycles. The molecule has 0 saturated carbocycles. The SMILES string of the molecule is Cc1ccccc1CCC(N)Cc1cccnc1. The number of aryl methyl sites for hydroxylation is 2. The molecule has 0 spiro atoms. The minimum absolute atomic E-state index is 0.203. The van der Waals surface area contributed by atoms with Gasteiger partial charge in [0.2, 0.25) is 0 Å². The van der Waals surface area contributed by atoms with Crippen molar-refractivity contribution >= 4 is 0 Å². The van der Waals surface area contributed by atoms with Crippen LogP contribution in [0, 0.1) is 6.92 Å². The average molecular weight is 240 g/mol. The van der Waals surface area contributed by atoms with E-state index in [1.165, 1.54) is 16.7 Å². The van der Waals surface area contributed by atoms with Crippen molar-refractivity contribution in [2.75, 3.05) is 0 Å². The molecule has 0 bridgehead atoms. The highest BCUT2D eigenvalue weighted by Crippen LogP contribution is 2.11. The first-order valence-corrected chi connectivity index (χ1v) is 6.44. The highest BCUT2D eigenvalue weighted by atomic mass is 14.6. The highest BCUT2D eigenvalue weighted by molar-refractivity contribution is 5.25. The summed E-state index contributed by atoms with van der Waals surface area (Å²) in [7, 11) is 0. The molecule has 94 valence electrons. The molecule has 1 atom stereocenters. The first-order chi connectivity index (χ1) is 8.75. The van der Waals surface area contributed by atoms with Gasteiger partial charge >= 0.3 is 0 Å². The van der Waals surface area contributed by atoms with E-state index in [1.54, 1.807) is 6.20 Å². The van der Waals surface area contributed by atoms with Crippen LogP contribution in [0.4, 0.5) is 0 Å². The lowest BCUT2D eigenvalue weighted by Crippen LogP contribution is -2.23. The zero-order chi connectivity index (χ0) is 12.8. The Morgan fingerprint density at radius 3 is 2.72 bits per heavy atom. The maximum atomic E-state index is 6.18. The molecule has 2 nitrogen and oxygen atoms in total. The number of hydrogen-bond donors (Lipinski definition) is 1. The first-order valence-electron chi connectivity index (χ1n) is 6.44. The smallest absolute Gasteiger partial charge is 0.0300 e. The van der Waals surface area contributed by atoms with E-state index >= 15 is 0 Å². The van der Waals surface area contributed by atoms with Crippen LogP contribution in [0.5, 0.6) is 0 Å². The minimum atomic E-state index is 0.203. The van der Waals surface area contributed by atoms with Gasteiger partial charge in [0, 0.05) is 18.4 Å². The fourth-order valence-electron chi connectivity index (χ4n) is 2.16. The summed E-state index contributed by atoms with van der Waals surface area (Å²) in [5.74, 6) is 0. The summed E-state index contributed by atoms with van der Waals surface area (Å²) < 4.78 is 0. The number of nitrogens with zero attached hydrogens (tertiary/aromatic N) is 1. The van der Waals surface area contributed by atoms with Crippen LogP contribution in [-0.2, 0) is 12.8 Å². The molecule has 1 aromatic heterocycles. The van der Waals surface area contributed by atoms with Gasteiger partial charge in [-0.15, -0.1) is 0 Å². The highest BCUT2D eigenvalue weighted by Gasteiger charge is 2.05. The molecule has 2 rings (SSSR count).